The van der Waals surface area contributed by atoms with Gasteiger partial charge in [-0.2, -0.15) is 5.10 Å². The Hall–Kier alpha value is -2.10. The lowest BCUT2D eigenvalue weighted by atomic mass is 10.1. The molecule has 4 heteroatoms. The number of anilines is 1. The second-order valence-electron chi connectivity index (χ2n) is 4.73. The number of nitrogens with one attached hydrogen (secondary N) is 1. The van der Waals surface area contributed by atoms with Crippen molar-refractivity contribution < 1.29 is 4.79 Å². The first-order valence-electron chi connectivity index (χ1n) is 6.44. The molecule has 19 heavy (non-hydrogen) atoms. The third kappa shape index (κ3) is 2.67. The molecule has 2 rings (SSSR count). The molecular weight excluding hydrogens is 238 g/mol. The summed E-state index contributed by atoms with van der Waals surface area (Å²) in [6, 6.07) is 5.82. The van der Waals surface area contributed by atoms with E-state index >= 15 is 0 Å². The van der Waals surface area contributed by atoms with Crippen LogP contribution in [-0.2, 0) is 6.54 Å². The zero-order valence-corrected chi connectivity index (χ0v) is 11.8. The number of rotatable bonds is 3. The van der Waals surface area contributed by atoms with Crippen molar-refractivity contribution in [3.05, 3.63) is 46.8 Å². The fraction of sp³-hybridized carbons (Fsp3) is 0.333. The highest BCUT2D eigenvalue weighted by Crippen LogP contribution is 2.17. The van der Waals surface area contributed by atoms with E-state index in [9.17, 15) is 4.79 Å². The van der Waals surface area contributed by atoms with Crippen LogP contribution >= 0.6 is 0 Å². The molecule has 0 saturated heterocycles. The molecule has 0 aliphatic carbocycles. The highest BCUT2D eigenvalue weighted by Gasteiger charge is 2.12. The number of aromatic nitrogens is 2. The summed E-state index contributed by atoms with van der Waals surface area (Å²) in [5.74, 6) is -0.0868. The molecule has 2 aromatic rings. The Morgan fingerprint density at radius 1 is 1.32 bits per heavy atom. The number of hydrogen-bond acceptors (Lipinski definition) is 2. The van der Waals surface area contributed by atoms with Gasteiger partial charge in [-0.15, -0.1) is 0 Å². The van der Waals surface area contributed by atoms with Crippen molar-refractivity contribution in [1.29, 1.82) is 0 Å². The molecule has 0 bridgehead atoms. The van der Waals surface area contributed by atoms with Gasteiger partial charge in [0.2, 0.25) is 0 Å². The predicted octanol–water partition coefficient (Wildman–Crippen LogP) is 3.08. The first-order chi connectivity index (χ1) is 9.02. The van der Waals surface area contributed by atoms with Crippen LogP contribution in [0, 0.1) is 20.8 Å². The molecule has 0 saturated carbocycles. The zero-order chi connectivity index (χ0) is 14.0. The van der Waals surface area contributed by atoms with E-state index in [1.807, 2.05) is 50.6 Å². The van der Waals surface area contributed by atoms with Crippen LogP contribution < -0.4 is 5.32 Å². The molecule has 0 spiro atoms. The lowest BCUT2D eigenvalue weighted by Crippen LogP contribution is -2.14. The summed E-state index contributed by atoms with van der Waals surface area (Å²) in [6.07, 6.45) is 1.69. The van der Waals surface area contributed by atoms with Crippen LogP contribution in [0.25, 0.3) is 0 Å². The normalized spacial score (nSPS) is 10.5. The van der Waals surface area contributed by atoms with Gasteiger partial charge in [-0.05, 0) is 39.3 Å². The third-order valence-corrected chi connectivity index (χ3v) is 3.28. The Labute approximate surface area is 113 Å². The average Bonchev–Trinajstić information content (AvgIpc) is 2.70. The molecular formula is C15H19N3O. The molecule has 1 aromatic carbocycles. The number of carbonyl (C=O) groups is 1. The van der Waals surface area contributed by atoms with E-state index in [1.54, 1.807) is 6.20 Å². The largest absolute Gasteiger partial charge is 0.319 e. The molecule has 0 atom stereocenters. The highest BCUT2D eigenvalue weighted by molar-refractivity contribution is 6.05. The van der Waals surface area contributed by atoms with E-state index in [0.29, 0.717) is 5.56 Å². The number of benzene rings is 1. The fourth-order valence-electron chi connectivity index (χ4n) is 2.15. The molecule has 0 radical (unpaired) electrons. The van der Waals surface area contributed by atoms with E-state index in [-0.39, 0.29) is 5.91 Å². The molecule has 0 fully saturated rings. The number of hydrogen-bond donors (Lipinski definition) is 1. The molecule has 1 N–H and O–H groups in total. The van der Waals surface area contributed by atoms with Crippen LogP contribution in [0.5, 0.6) is 0 Å². The highest BCUT2D eigenvalue weighted by atomic mass is 16.1. The number of aryl methyl sites for hydroxylation is 3. The topological polar surface area (TPSA) is 46.9 Å². The van der Waals surface area contributed by atoms with Gasteiger partial charge in [0.05, 0.1) is 17.6 Å². The van der Waals surface area contributed by atoms with Crippen molar-refractivity contribution >= 4 is 11.6 Å². The summed E-state index contributed by atoms with van der Waals surface area (Å²) in [6.45, 7) is 8.74. The standard InChI is InChI=1S/C15H19N3O/c1-5-18-12(4)14(9-16-18)17-15(19)13-7-6-10(2)8-11(13)3/h6-9H,5H2,1-4H3,(H,17,19). The lowest BCUT2D eigenvalue weighted by Gasteiger charge is -2.08. The summed E-state index contributed by atoms with van der Waals surface area (Å²) >= 11 is 0. The third-order valence-electron chi connectivity index (χ3n) is 3.28. The smallest absolute Gasteiger partial charge is 0.256 e. The summed E-state index contributed by atoms with van der Waals surface area (Å²) in [5, 5.41) is 7.14. The van der Waals surface area contributed by atoms with Gasteiger partial charge >= 0.3 is 0 Å². The van der Waals surface area contributed by atoms with E-state index in [2.05, 4.69) is 10.4 Å². The summed E-state index contributed by atoms with van der Waals surface area (Å²) < 4.78 is 1.86. The molecule has 100 valence electrons. The Bertz CT molecular complexity index is 614. The van der Waals surface area contributed by atoms with E-state index < -0.39 is 0 Å². The first kappa shape index (κ1) is 13.3. The first-order valence-corrected chi connectivity index (χ1v) is 6.44. The molecule has 4 nitrogen and oxygen atoms in total. The van der Waals surface area contributed by atoms with Gasteiger partial charge in [0, 0.05) is 12.1 Å². The average molecular weight is 257 g/mol. The Morgan fingerprint density at radius 3 is 2.63 bits per heavy atom. The van der Waals surface area contributed by atoms with Crippen LogP contribution in [-0.4, -0.2) is 15.7 Å². The van der Waals surface area contributed by atoms with Gasteiger partial charge in [-0.25, -0.2) is 0 Å². The van der Waals surface area contributed by atoms with Gasteiger partial charge < -0.3 is 5.32 Å². The molecule has 1 aromatic heterocycles. The molecule has 1 amide bonds. The van der Waals surface area contributed by atoms with Gasteiger partial charge in [-0.3, -0.25) is 9.48 Å². The van der Waals surface area contributed by atoms with Gasteiger partial charge in [0.1, 0.15) is 0 Å². The van der Waals surface area contributed by atoms with E-state index in [4.69, 9.17) is 0 Å². The van der Waals surface area contributed by atoms with Crippen molar-refractivity contribution in [2.75, 3.05) is 5.32 Å². The maximum Gasteiger partial charge on any atom is 0.256 e. The van der Waals surface area contributed by atoms with E-state index in [1.165, 1.54) is 0 Å². The number of amides is 1. The van der Waals surface area contributed by atoms with Crippen molar-refractivity contribution in [2.24, 2.45) is 0 Å². The monoisotopic (exact) mass is 257 g/mol. The minimum atomic E-state index is -0.0868. The summed E-state index contributed by atoms with van der Waals surface area (Å²) in [5.41, 5.74) is 4.59. The molecule has 0 unspecified atom stereocenters. The Balaban J connectivity index is 2.23. The maximum atomic E-state index is 12.2. The van der Waals surface area contributed by atoms with Gasteiger partial charge in [0.15, 0.2) is 0 Å². The van der Waals surface area contributed by atoms with Gasteiger partial charge in [0.25, 0.3) is 5.91 Å². The fourth-order valence-corrected chi connectivity index (χ4v) is 2.15. The quantitative estimate of drug-likeness (QED) is 0.918. The van der Waals surface area contributed by atoms with Crippen LogP contribution in [0.3, 0.4) is 0 Å². The van der Waals surface area contributed by atoms with Crippen LogP contribution in [0.4, 0.5) is 5.69 Å². The zero-order valence-electron chi connectivity index (χ0n) is 11.8. The molecule has 0 aliphatic rings. The second kappa shape index (κ2) is 5.26. The SMILES string of the molecule is CCn1ncc(NC(=O)c2ccc(C)cc2C)c1C. The minimum absolute atomic E-state index is 0.0868. The van der Waals surface area contributed by atoms with Crippen LogP contribution in [0.1, 0.15) is 34.1 Å². The number of carbonyl (C=O) groups excluding carboxylic acids is 1. The van der Waals surface area contributed by atoms with Crippen LogP contribution in [0.15, 0.2) is 24.4 Å². The lowest BCUT2D eigenvalue weighted by molar-refractivity contribution is 0.102. The number of nitrogens with zero attached hydrogens (tertiary/aromatic N) is 2. The Kier molecular flexibility index (Phi) is 3.69. The van der Waals surface area contributed by atoms with E-state index in [0.717, 1.165) is 29.1 Å². The van der Waals surface area contributed by atoms with Crippen molar-refractivity contribution in [1.82, 2.24) is 9.78 Å². The van der Waals surface area contributed by atoms with Crippen molar-refractivity contribution in [3.63, 3.8) is 0 Å². The minimum Gasteiger partial charge on any atom is -0.319 e. The summed E-state index contributed by atoms with van der Waals surface area (Å²) in [4.78, 5) is 12.2. The predicted molar refractivity (Wildman–Crippen MR) is 76.5 cm³/mol. The molecule has 0 aliphatic heterocycles. The second-order valence-corrected chi connectivity index (χ2v) is 4.73. The molecule has 1 heterocycles. The van der Waals surface area contributed by atoms with Crippen molar-refractivity contribution in [2.45, 2.75) is 34.2 Å². The van der Waals surface area contributed by atoms with Crippen molar-refractivity contribution in [3.8, 4) is 0 Å². The van der Waals surface area contributed by atoms with Crippen LogP contribution in [0.2, 0.25) is 0 Å². The Morgan fingerprint density at radius 2 is 2.05 bits per heavy atom. The maximum absolute atomic E-state index is 12.2. The van der Waals surface area contributed by atoms with Gasteiger partial charge in [-0.1, -0.05) is 17.7 Å². The summed E-state index contributed by atoms with van der Waals surface area (Å²) in [7, 11) is 0.